The van der Waals surface area contributed by atoms with Crippen molar-refractivity contribution in [1.29, 1.82) is 0 Å². The number of ether oxygens (including phenoxy) is 1. The van der Waals surface area contributed by atoms with Crippen LogP contribution in [0.4, 0.5) is 0 Å². The molecule has 0 radical (unpaired) electrons. The molecule has 1 aromatic rings. The first-order chi connectivity index (χ1) is 9.58. The molecule has 0 aliphatic carbocycles. The van der Waals surface area contributed by atoms with Crippen LogP contribution < -0.4 is 10.5 Å². The largest absolute Gasteiger partial charge is 0.483 e. The molecule has 2 rings (SSSR count). The standard InChI is InChI=1S/C14H19N3O3/c1-16-6-8-17(9-7-16)13(18)10-20-12-5-3-2-4-11(12)14(15)19/h2-5H,6-10H2,1H3,(H2,15,19). The van der Waals surface area contributed by atoms with Gasteiger partial charge in [0.15, 0.2) is 6.61 Å². The molecule has 1 saturated heterocycles. The number of hydrogen-bond acceptors (Lipinski definition) is 4. The predicted octanol–water partition coefficient (Wildman–Crippen LogP) is -0.0617. The van der Waals surface area contributed by atoms with Crippen LogP contribution in [0.3, 0.4) is 0 Å². The smallest absolute Gasteiger partial charge is 0.260 e. The van der Waals surface area contributed by atoms with Crippen LogP contribution in [0.25, 0.3) is 0 Å². The summed E-state index contributed by atoms with van der Waals surface area (Å²) in [4.78, 5) is 27.2. The quantitative estimate of drug-likeness (QED) is 0.836. The molecular weight excluding hydrogens is 258 g/mol. The zero-order valence-corrected chi connectivity index (χ0v) is 11.5. The monoisotopic (exact) mass is 277 g/mol. The van der Waals surface area contributed by atoms with Gasteiger partial charge in [0.05, 0.1) is 5.56 Å². The summed E-state index contributed by atoms with van der Waals surface area (Å²) in [6.07, 6.45) is 0. The molecule has 1 heterocycles. The lowest BCUT2D eigenvalue weighted by molar-refractivity contribution is -0.134. The second kappa shape index (κ2) is 6.38. The summed E-state index contributed by atoms with van der Waals surface area (Å²) in [5.74, 6) is -0.285. The first-order valence-corrected chi connectivity index (χ1v) is 6.56. The number of amides is 2. The molecule has 1 aliphatic rings. The molecular formula is C14H19N3O3. The molecule has 0 aromatic heterocycles. The van der Waals surface area contributed by atoms with Crippen molar-refractivity contribution in [1.82, 2.24) is 9.80 Å². The van der Waals surface area contributed by atoms with Crippen LogP contribution >= 0.6 is 0 Å². The fourth-order valence-electron chi connectivity index (χ4n) is 2.08. The van der Waals surface area contributed by atoms with Crippen molar-refractivity contribution < 1.29 is 14.3 Å². The van der Waals surface area contributed by atoms with E-state index in [0.717, 1.165) is 13.1 Å². The summed E-state index contributed by atoms with van der Waals surface area (Å²) in [5, 5.41) is 0. The van der Waals surface area contributed by atoms with Crippen LogP contribution in [-0.2, 0) is 4.79 Å². The Bertz CT molecular complexity index is 496. The van der Waals surface area contributed by atoms with E-state index < -0.39 is 5.91 Å². The van der Waals surface area contributed by atoms with Gasteiger partial charge in [0, 0.05) is 26.2 Å². The summed E-state index contributed by atoms with van der Waals surface area (Å²) in [6, 6.07) is 6.66. The Morgan fingerprint density at radius 1 is 1.20 bits per heavy atom. The van der Waals surface area contributed by atoms with E-state index in [1.54, 1.807) is 29.2 Å². The van der Waals surface area contributed by atoms with Crippen LogP contribution in [0.1, 0.15) is 10.4 Å². The number of hydrogen-bond donors (Lipinski definition) is 1. The fourth-order valence-corrected chi connectivity index (χ4v) is 2.08. The maximum absolute atomic E-state index is 12.0. The van der Waals surface area contributed by atoms with Gasteiger partial charge in [-0.15, -0.1) is 0 Å². The van der Waals surface area contributed by atoms with Gasteiger partial charge in [-0.05, 0) is 19.2 Å². The molecule has 1 aliphatic heterocycles. The topological polar surface area (TPSA) is 75.9 Å². The van der Waals surface area contributed by atoms with Crippen LogP contribution in [0.15, 0.2) is 24.3 Å². The number of primary amides is 1. The number of benzene rings is 1. The van der Waals surface area contributed by atoms with Crippen LogP contribution in [0, 0.1) is 0 Å². The predicted molar refractivity (Wildman–Crippen MR) is 74.5 cm³/mol. The first kappa shape index (κ1) is 14.3. The molecule has 2 N–H and O–H groups in total. The molecule has 0 bridgehead atoms. The number of para-hydroxylation sites is 1. The van der Waals surface area contributed by atoms with Crippen molar-refractivity contribution in [3.8, 4) is 5.75 Å². The van der Waals surface area contributed by atoms with Crippen molar-refractivity contribution in [2.75, 3.05) is 39.8 Å². The van der Waals surface area contributed by atoms with Gasteiger partial charge in [-0.3, -0.25) is 9.59 Å². The second-order valence-electron chi connectivity index (χ2n) is 4.83. The van der Waals surface area contributed by atoms with Crippen LogP contribution in [0.2, 0.25) is 0 Å². The minimum absolute atomic E-state index is 0.0719. The normalized spacial score (nSPS) is 15.9. The number of carbonyl (C=O) groups is 2. The van der Waals surface area contributed by atoms with E-state index in [2.05, 4.69) is 4.90 Å². The van der Waals surface area contributed by atoms with Gasteiger partial charge in [0.2, 0.25) is 0 Å². The molecule has 108 valence electrons. The lowest BCUT2D eigenvalue weighted by Gasteiger charge is -2.32. The fraction of sp³-hybridized carbons (Fsp3) is 0.429. The van der Waals surface area contributed by atoms with Gasteiger partial charge < -0.3 is 20.3 Å². The van der Waals surface area contributed by atoms with E-state index in [-0.39, 0.29) is 12.5 Å². The van der Waals surface area contributed by atoms with E-state index in [4.69, 9.17) is 10.5 Å². The summed E-state index contributed by atoms with van der Waals surface area (Å²) < 4.78 is 5.43. The number of likely N-dealkylation sites (N-methyl/N-ethyl adjacent to an activating group) is 1. The molecule has 0 saturated carbocycles. The molecule has 0 unspecified atom stereocenters. The third-order valence-corrected chi connectivity index (χ3v) is 3.36. The highest BCUT2D eigenvalue weighted by atomic mass is 16.5. The highest BCUT2D eigenvalue weighted by Gasteiger charge is 2.19. The average Bonchev–Trinajstić information content (AvgIpc) is 2.45. The third-order valence-electron chi connectivity index (χ3n) is 3.36. The van der Waals surface area contributed by atoms with Crippen molar-refractivity contribution in [2.24, 2.45) is 5.73 Å². The Morgan fingerprint density at radius 3 is 2.50 bits per heavy atom. The maximum Gasteiger partial charge on any atom is 0.260 e. The highest BCUT2D eigenvalue weighted by molar-refractivity contribution is 5.95. The molecule has 6 heteroatoms. The van der Waals surface area contributed by atoms with Gasteiger partial charge in [-0.2, -0.15) is 0 Å². The van der Waals surface area contributed by atoms with Crippen LogP contribution in [0.5, 0.6) is 5.75 Å². The molecule has 0 atom stereocenters. The van der Waals surface area contributed by atoms with Gasteiger partial charge in [0.1, 0.15) is 5.75 Å². The summed E-state index contributed by atoms with van der Waals surface area (Å²) in [5.41, 5.74) is 5.55. The molecule has 0 spiro atoms. The number of carbonyl (C=O) groups excluding carboxylic acids is 2. The van der Waals surface area contributed by atoms with Crippen molar-refractivity contribution in [3.05, 3.63) is 29.8 Å². The van der Waals surface area contributed by atoms with E-state index in [1.165, 1.54) is 0 Å². The van der Waals surface area contributed by atoms with Crippen molar-refractivity contribution >= 4 is 11.8 Å². The number of nitrogens with two attached hydrogens (primary N) is 1. The van der Waals surface area contributed by atoms with Gasteiger partial charge in [0.25, 0.3) is 11.8 Å². The number of rotatable bonds is 4. The lowest BCUT2D eigenvalue weighted by atomic mass is 10.2. The molecule has 2 amide bonds. The first-order valence-electron chi connectivity index (χ1n) is 6.56. The molecule has 1 fully saturated rings. The van der Waals surface area contributed by atoms with Crippen molar-refractivity contribution in [2.45, 2.75) is 0 Å². The van der Waals surface area contributed by atoms with Gasteiger partial charge >= 0.3 is 0 Å². The molecule has 1 aromatic carbocycles. The summed E-state index contributed by atoms with van der Waals surface area (Å²) >= 11 is 0. The minimum atomic E-state index is -0.562. The van der Waals surface area contributed by atoms with E-state index in [0.29, 0.717) is 24.4 Å². The SMILES string of the molecule is CN1CCN(C(=O)COc2ccccc2C(N)=O)CC1. The third kappa shape index (κ3) is 3.48. The molecule has 6 nitrogen and oxygen atoms in total. The van der Waals surface area contributed by atoms with Crippen molar-refractivity contribution in [3.63, 3.8) is 0 Å². The summed E-state index contributed by atoms with van der Waals surface area (Å²) in [7, 11) is 2.03. The van der Waals surface area contributed by atoms with Crippen LogP contribution in [-0.4, -0.2) is 61.4 Å². The Morgan fingerprint density at radius 2 is 1.85 bits per heavy atom. The second-order valence-corrected chi connectivity index (χ2v) is 4.83. The van der Waals surface area contributed by atoms with Gasteiger partial charge in [-0.1, -0.05) is 12.1 Å². The Kier molecular flexibility index (Phi) is 4.57. The lowest BCUT2D eigenvalue weighted by Crippen LogP contribution is -2.48. The Labute approximate surface area is 118 Å². The van der Waals surface area contributed by atoms with Gasteiger partial charge in [-0.25, -0.2) is 0 Å². The number of nitrogens with zero attached hydrogens (tertiary/aromatic N) is 2. The number of piperazine rings is 1. The van der Waals surface area contributed by atoms with E-state index in [9.17, 15) is 9.59 Å². The highest BCUT2D eigenvalue weighted by Crippen LogP contribution is 2.17. The average molecular weight is 277 g/mol. The Balaban J connectivity index is 1.92. The zero-order chi connectivity index (χ0) is 14.5. The minimum Gasteiger partial charge on any atom is -0.483 e. The Hall–Kier alpha value is -2.08. The van der Waals surface area contributed by atoms with E-state index >= 15 is 0 Å². The molecule has 20 heavy (non-hydrogen) atoms. The van der Waals surface area contributed by atoms with E-state index in [1.807, 2.05) is 7.05 Å². The maximum atomic E-state index is 12.0. The zero-order valence-electron chi connectivity index (χ0n) is 11.5. The summed E-state index contributed by atoms with van der Waals surface area (Å²) in [6.45, 7) is 3.06.